The number of aromatic nitrogens is 1. The maximum atomic E-state index is 13.2. The number of halogens is 1. The maximum absolute atomic E-state index is 13.2. The van der Waals surface area contributed by atoms with Gasteiger partial charge in [-0.05, 0) is 32.0 Å². The summed E-state index contributed by atoms with van der Waals surface area (Å²) in [4.78, 5) is 13.9. The van der Waals surface area contributed by atoms with Crippen LogP contribution < -0.4 is 0 Å². The lowest BCUT2D eigenvalue weighted by Crippen LogP contribution is -1.97. The first-order valence-corrected chi connectivity index (χ1v) is 5.01. The topological polar surface area (TPSA) is 34.4 Å². The Hall–Kier alpha value is -1.93. The molecule has 0 N–H and O–H groups in total. The zero-order valence-electron chi connectivity index (χ0n) is 9.07. The van der Waals surface area contributed by atoms with Crippen LogP contribution in [0, 0.1) is 5.82 Å². The van der Waals surface area contributed by atoms with Crippen molar-refractivity contribution in [2.45, 2.75) is 19.9 Å². The second kappa shape index (κ2) is 3.91. The third-order valence-corrected chi connectivity index (χ3v) is 2.50. The van der Waals surface area contributed by atoms with Crippen LogP contribution in [-0.4, -0.2) is 10.6 Å². The Balaban J connectivity index is 2.81. The zero-order valence-corrected chi connectivity index (χ0v) is 9.07. The SMILES string of the molecule is CC(C)n1cc(N=C=O)c2ccc(F)cc21. The summed E-state index contributed by atoms with van der Waals surface area (Å²) in [6, 6.07) is 4.61. The number of benzene rings is 1. The van der Waals surface area contributed by atoms with Crippen molar-refractivity contribution in [3.05, 3.63) is 30.2 Å². The van der Waals surface area contributed by atoms with Gasteiger partial charge in [0, 0.05) is 17.6 Å². The predicted molar refractivity (Wildman–Crippen MR) is 60.1 cm³/mol. The van der Waals surface area contributed by atoms with E-state index in [0.29, 0.717) is 5.69 Å². The molecule has 2 aromatic rings. The summed E-state index contributed by atoms with van der Waals surface area (Å²) in [5, 5.41) is 0.762. The quantitative estimate of drug-likeness (QED) is 0.562. The predicted octanol–water partition coefficient (Wildman–Crippen LogP) is 3.33. The van der Waals surface area contributed by atoms with Crippen molar-refractivity contribution in [2.75, 3.05) is 0 Å². The van der Waals surface area contributed by atoms with Gasteiger partial charge in [-0.1, -0.05) is 0 Å². The van der Waals surface area contributed by atoms with Crippen molar-refractivity contribution in [2.24, 2.45) is 4.99 Å². The zero-order chi connectivity index (χ0) is 11.7. The number of hydrogen-bond acceptors (Lipinski definition) is 2. The van der Waals surface area contributed by atoms with E-state index >= 15 is 0 Å². The molecule has 0 unspecified atom stereocenters. The van der Waals surface area contributed by atoms with Gasteiger partial charge in [0.25, 0.3) is 0 Å². The summed E-state index contributed by atoms with van der Waals surface area (Å²) < 4.78 is 15.0. The van der Waals surface area contributed by atoms with E-state index in [1.165, 1.54) is 18.2 Å². The first kappa shape index (κ1) is 10.6. The van der Waals surface area contributed by atoms with Crippen molar-refractivity contribution in [1.29, 1.82) is 0 Å². The van der Waals surface area contributed by atoms with Crippen LogP contribution in [0.15, 0.2) is 29.4 Å². The molecule has 0 aliphatic heterocycles. The van der Waals surface area contributed by atoms with E-state index < -0.39 is 0 Å². The highest BCUT2D eigenvalue weighted by Crippen LogP contribution is 2.30. The van der Waals surface area contributed by atoms with Crippen LogP contribution in [0.2, 0.25) is 0 Å². The number of fused-ring (bicyclic) bond motifs is 1. The fourth-order valence-corrected chi connectivity index (χ4v) is 1.77. The van der Waals surface area contributed by atoms with Gasteiger partial charge in [-0.25, -0.2) is 9.18 Å². The van der Waals surface area contributed by atoms with E-state index in [9.17, 15) is 9.18 Å². The maximum Gasteiger partial charge on any atom is 0.240 e. The Bertz CT molecular complexity index is 580. The van der Waals surface area contributed by atoms with E-state index in [-0.39, 0.29) is 11.9 Å². The number of rotatable bonds is 2. The van der Waals surface area contributed by atoms with Crippen LogP contribution in [0.3, 0.4) is 0 Å². The van der Waals surface area contributed by atoms with Gasteiger partial charge in [0.15, 0.2) is 0 Å². The van der Waals surface area contributed by atoms with Crippen LogP contribution >= 0.6 is 0 Å². The number of nitrogens with zero attached hydrogens (tertiary/aromatic N) is 2. The van der Waals surface area contributed by atoms with Gasteiger partial charge in [0.2, 0.25) is 6.08 Å². The normalized spacial score (nSPS) is 10.8. The third kappa shape index (κ3) is 1.64. The molecule has 1 aromatic heterocycles. The molecule has 0 amide bonds. The van der Waals surface area contributed by atoms with E-state index in [1.54, 1.807) is 12.3 Å². The van der Waals surface area contributed by atoms with Crippen molar-refractivity contribution >= 4 is 22.7 Å². The summed E-state index contributed by atoms with van der Waals surface area (Å²) in [5.41, 5.74) is 1.27. The minimum absolute atomic E-state index is 0.180. The largest absolute Gasteiger partial charge is 0.343 e. The number of hydrogen-bond donors (Lipinski definition) is 0. The Labute approximate surface area is 92.2 Å². The molecule has 2 rings (SSSR count). The molecular weight excluding hydrogens is 207 g/mol. The van der Waals surface area contributed by atoms with Gasteiger partial charge in [0.05, 0.1) is 5.52 Å². The molecule has 0 aliphatic rings. The molecule has 1 heterocycles. The van der Waals surface area contributed by atoms with Crippen LogP contribution in [0.1, 0.15) is 19.9 Å². The minimum Gasteiger partial charge on any atom is -0.343 e. The third-order valence-electron chi connectivity index (χ3n) is 2.50. The van der Waals surface area contributed by atoms with E-state index in [2.05, 4.69) is 4.99 Å². The molecule has 4 heteroatoms. The molecule has 3 nitrogen and oxygen atoms in total. The molecule has 0 aliphatic carbocycles. The second-order valence-corrected chi connectivity index (χ2v) is 3.88. The number of aliphatic imine (C=N–C) groups is 1. The van der Waals surface area contributed by atoms with Crippen molar-refractivity contribution in [3.8, 4) is 0 Å². The highest BCUT2D eigenvalue weighted by Gasteiger charge is 2.10. The van der Waals surface area contributed by atoms with Crippen LogP contribution in [0.25, 0.3) is 10.9 Å². The van der Waals surface area contributed by atoms with E-state index in [4.69, 9.17) is 0 Å². The smallest absolute Gasteiger partial charge is 0.240 e. The van der Waals surface area contributed by atoms with Gasteiger partial charge in [-0.2, -0.15) is 4.99 Å². The molecule has 0 bridgehead atoms. The summed E-state index contributed by atoms with van der Waals surface area (Å²) in [6.07, 6.45) is 3.25. The standard InChI is InChI=1S/C12H11FN2O/c1-8(2)15-6-11(14-7-16)10-4-3-9(13)5-12(10)15/h3-6,8H,1-2H3. The molecule has 0 saturated heterocycles. The van der Waals surface area contributed by atoms with Crippen molar-refractivity contribution in [3.63, 3.8) is 0 Å². The lowest BCUT2D eigenvalue weighted by atomic mass is 10.2. The Morgan fingerprint density at radius 1 is 1.44 bits per heavy atom. The van der Waals surface area contributed by atoms with E-state index in [1.807, 2.05) is 18.4 Å². The fraction of sp³-hybridized carbons (Fsp3) is 0.250. The fourth-order valence-electron chi connectivity index (χ4n) is 1.77. The monoisotopic (exact) mass is 218 g/mol. The average Bonchev–Trinajstić information content (AvgIpc) is 2.57. The molecule has 16 heavy (non-hydrogen) atoms. The molecule has 0 saturated carbocycles. The first-order chi connectivity index (χ1) is 7.63. The van der Waals surface area contributed by atoms with Gasteiger partial charge in [-0.3, -0.25) is 0 Å². The molecule has 0 radical (unpaired) electrons. The minimum atomic E-state index is -0.297. The summed E-state index contributed by atoms with van der Waals surface area (Å²) in [7, 11) is 0. The summed E-state index contributed by atoms with van der Waals surface area (Å²) in [5.74, 6) is -0.297. The molecular formula is C12H11FN2O. The summed E-state index contributed by atoms with van der Waals surface area (Å²) in [6.45, 7) is 3.97. The highest BCUT2D eigenvalue weighted by atomic mass is 19.1. The van der Waals surface area contributed by atoms with Crippen molar-refractivity contribution < 1.29 is 9.18 Å². The van der Waals surface area contributed by atoms with Gasteiger partial charge in [0.1, 0.15) is 11.5 Å². The molecule has 82 valence electrons. The Morgan fingerprint density at radius 3 is 2.81 bits per heavy atom. The number of carbonyl (C=O) groups excluding carboxylic acids is 1. The average molecular weight is 218 g/mol. The van der Waals surface area contributed by atoms with Crippen LogP contribution in [0.4, 0.5) is 10.1 Å². The van der Waals surface area contributed by atoms with Gasteiger partial charge >= 0.3 is 0 Å². The molecule has 0 spiro atoms. The van der Waals surface area contributed by atoms with Gasteiger partial charge in [-0.15, -0.1) is 0 Å². The van der Waals surface area contributed by atoms with Crippen LogP contribution in [-0.2, 0) is 4.79 Å². The van der Waals surface area contributed by atoms with E-state index in [0.717, 1.165) is 10.9 Å². The lowest BCUT2D eigenvalue weighted by molar-refractivity contribution is 0.565. The highest BCUT2D eigenvalue weighted by molar-refractivity contribution is 5.92. The Morgan fingerprint density at radius 2 is 2.19 bits per heavy atom. The second-order valence-electron chi connectivity index (χ2n) is 3.88. The lowest BCUT2D eigenvalue weighted by Gasteiger charge is -2.08. The number of isocyanates is 1. The summed E-state index contributed by atoms with van der Waals surface area (Å²) >= 11 is 0. The molecule has 0 fully saturated rings. The Kier molecular flexibility index (Phi) is 2.59. The van der Waals surface area contributed by atoms with Crippen LogP contribution in [0.5, 0.6) is 0 Å². The first-order valence-electron chi connectivity index (χ1n) is 5.01. The van der Waals surface area contributed by atoms with Gasteiger partial charge < -0.3 is 4.57 Å². The van der Waals surface area contributed by atoms with Crippen molar-refractivity contribution in [1.82, 2.24) is 4.57 Å². The molecule has 1 aromatic carbocycles. The molecule has 0 atom stereocenters.